The van der Waals surface area contributed by atoms with Gasteiger partial charge in [0.05, 0.1) is 6.42 Å². The first-order valence-corrected chi connectivity index (χ1v) is 6.69. The zero-order chi connectivity index (χ0) is 14.1. The van der Waals surface area contributed by atoms with E-state index in [1.807, 2.05) is 5.32 Å². The van der Waals surface area contributed by atoms with Gasteiger partial charge in [0.15, 0.2) is 0 Å². The molecule has 0 rings (SSSR count). The molecule has 0 spiro atoms. The second-order valence-corrected chi connectivity index (χ2v) is 5.19. The Morgan fingerprint density at radius 2 is 1.89 bits per heavy atom. The molecule has 0 bridgehead atoms. The number of carbonyl (C=O) groups excluding carboxylic acids is 1. The summed E-state index contributed by atoms with van der Waals surface area (Å²) in [4.78, 5) is 32.2. The molecule has 0 saturated carbocycles. The monoisotopic (exact) mass is 280 g/mol. The number of hydrogen-bond donors (Lipinski definition) is 4. The van der Waals surface area contributed by atoms with Gasteiger partial charge in [-0.1, -0.05) is 6.92 Å². The van der Waals surface area contributed by atoms with Crippen LogP contribution in [0.25, 0.3) is 0 Å². The molecule has 0 aromatic carbocycles. The van der Waals surface area contributed by atoms with Gasteiger partial charge in [-0.05, 0) is 0 Å². The van der Waals surface area contributed by atoms with Crippen LogP contribution in [0.2, 0.25) is 0 Å². The molecule has 0 heterocycles. The van der Waals surface area contributed by atoms with Crippen LogP contribution in [0, 0.1) is 0 Å². The maximum absolute atomic E-state index is 11.2. The number of carbonyl (C=O) groups is 3. The molecule has 0 saturated heterocycles. The molecule has 9 heteroatoms. The normalized spacial score (nSPS) is 13.4. The smallest absolute Gasteiger partial charge is 0.326 e. The van der Waals surface area contributed by atoms with Crippen molar-refractivity contribution in [1.82, 2.24) is 10.6 Å². The molecule has 0 radical (unpaired) electrons. The van der Waals surface area contributed by atoms with Crippen molar-refractivity contribution in [2.45, 2.75) is 19.4 Å². The summed E-state index contributed by atoms with van der Waals surface area (Å²) >= 11 is 0. The first-order chi connectivity index (χ1) is 8.36. The van der Waals surface area contributed by atoms with Gasteiger partial charge in [0.25, 0.3) is 0 Å². The maximum Gasteiger partial charge on any atom is 0.326 e. The molecule has 0 fully saturated rings. The molecule has 0 aromatic rings. The van der Waals surface area contributed by atoms with Gasteiger partial charge in [-0.2, -0.15) is 0 Å². The van der Waals surface area contributed by atoms with E-state index >= 15 is 0 Å². The van der Waals surface area contributed by atoms with Crippen molar-refractivity contribution in [3.8, 4) is 0 Å². The van der Waals surface area contributed by atoms with Crippen LogP contribution in [-0.2, 0) is 20.4 Å². The summed E-state index contributed by atoms with van der Waals surface area (Å²) in [6.45, 7) is 1.87. The molecule has 18 heavy (non-hydrogen) atoms. The van der Waals surface area contributed by atoms with Crippen LogP contribution in [0.1, 0.15) is 13.3 Å². The summed E-state index contributed by atoms with van der Waals surface area (Å²) in [5, 5.41) is 21.4. The topological polar surface area (TPSA) is 133 Å². The van der Waals surface area contributed by atoms with Crippen molar-refractivity contribution in [2.24, 2.45) is 0 Å². The second-order valence-electron chi connectivity index (χ2n) is 3.32. The molecule has 2 atom stereocenters. The van der Waals surface area contributed by atoms with Crippen LogP contribution >= 0.6 is 0 Å². The van der Waals surface area contributed by atoms with Crippen LogP contribution in [0.15, 0.2) is 0 Å². The number of amides is 2. The summed E-state index contributed by atoms with van der Waals surface area (Å²) in [6, 6.07) is -2.28. The molecular weight excluding hydrogens is 264 g/mol. The molecule has 0 aliphatic rings. The van der Waals surface area contributed by atoms with Crippen molar-refractivity contribution in [3.05, 3.63) is 0 Å². The Hall–Kier alpha value is -1.64. The fraction of sp³-hybridized carbons (Fsp3) is 0.667. The van der Waals surface area contributed by atoms with Crippen LogP contribution < -0.4 is 10.6 Å². The van der Waals surface area contributed by atoms with Crippen molar-refractivity contribution >= 4 is 28.8 Å². The lowest BCUT2D eigenvalue weighted by Gasteiger charge is -2.13. The van der Waals surface area contributed by atoms with Gasteiger partial charge in [0.1, 0.15) is 6.04 Å². The summed E-state index contributed by atoms with van der Waals surface area (Å²) in [6.07, 6.45) is -0.705. The highest BCUT2D eigenvalue weighted by molar-refractivity contribution is 7.84. The van der Waals surface area contributed by atoms with E-state index in [4.69, 9.17) is 10.2 Å². The Labute approximate surface area is 106 Å². The Kier molecular flexibility index (Phi) is 7.68. The van der Waals surface area contributed by atoms with E-state index in [0.717, 1.165) is 0 Å². The SMILES string of the molecule is CCS(=O)CCNC(=O)N[C@H](CC(=O)O)C(=O)O. The zero-order valence-electron chi connectivity index (χ0n) is 9.84. The predicted molar refractivity (Wildman–Crippen MR) is 63.8 cm³/mol. The van der Waals surface area contributed by atoms with E-state index in [-0.39, 0.29) is 12.3 Å². The van der Waals surface area contributed by atoms with Crippen LogP contribution in [0.3, 0.4) is 0 Å². The average Bonchev–Trinajstić information content (AvgIpc) is 2.27. The van der Waals surface area contributed by atoms with Crippen LogP contribution in [-0.4, -0.2) is 56.5 Å². The lowest BCUT2D eigenvalue weighted by molar-refractivity contribution is -0.145. The molecule has 0 aliphatic heterocycles. The first kappa shape index (κ1) is 16.4. The van der Waals surface area contributed by atoms with E-state index in [1.165, 1.54) is 0 Å². The summed E-state index contributed by atoms with van der Waals surface area (Å²) in [5.74, 6) is -2.01. The largest absolute Gasteiger partial charge is 0.481 e. The number of rotatable bonds is 8. The van der Waals surface area contributed by atoms with Crippen LogP contribution in [0.4, 0.5) is 4.79 Å². The van der Waals surface area contributed by atoms with Gasteiger partial charge < -0.3 is 20.8 Å². The molecule has 0 aliphatic carbocycles. The Morgan fingerprint density at radius 1 is 1.28 bits per heavy atom. The van der Waals surface area contributed by atoms with Gasteiger partial charge in [0.2, 0.25) is 0 Å². The van der Waals surface area contributed by atoms with Gasteiger partial charge in [-0.15, -0.1) is 0 Å². The third-order valence-corrected chi connectivity index (χ3v) is 3.22. The Morgan fingerprint density at radius 3 is 2.33 bits per heavy atom. The molecule has 1 unspecified atom stereocenters. The number of aliphatic carboxylic acids is 2. The number of urea groups is 1. The van der Waals surface area contributed by atoms with Gasteiger partial charge >= 0.3 is 18.0 Å². The number of carboxylic acid groups (broad SMARTS) is 2. The number of hydrogen-bond acceptors (Lipinski definition) is 4. The summed E-state index contributed by atoms with van der Waals surface area (Å²) < 4.78 is 11.0. The van der Waals surface area contributed by atoms with E-state index in [0.29, 0.717) is 5.75 Å². The second kappa shape index (κ2) is 8.45. The van der Waals surface area contributed by atoms with Crippen LogP contribution in [0.5, 0.6) is 0 Å². The lowest BCUT2D eigenvalue weighted by Crippen LogP contribution is -2.47. The average molecular weight is 280 g/mol. The van der Waals surface area contributed by atoms with Crippen molar-refractivity contribution in [3.63, 3.8) is 0 Å². The summed E-state index contributed by atoms with van der Waals surface area (Å²) in [5.41, 5.74) is 0. The van der Waals surface area contributed by atoms with E-state index in [2.05, 4.69) is 5.32 Å². The minimum absolute atomic E-state index is 0.131. The van der Waals surface area contributed by atoms with Crippen molar-refractivity contribution in [2.75, 3.05) is 18.1 Å². The van der Waals surface area contributed by atoms with Gasteiger partial charge in [-0.25, -0.2) is 9.59 Å². The van der Waals surface area contributed by atoms with E-state index < -0.39 is 41.2 Å². The Balaban J connectivity index is 4.06. The minimum Gasteiger partial charge on any atom is -0.481 e. The molecule has 104 valence electrons. The lowest BCUT2D eigenvalue weighted by atomic mass is 10.2. The highest BCUT2D eigenvalue weighted by Gasteiger charge is 2.22. The maximum atomic E-state index is 11.2. The van der Waals surface area contributed by atoms with Gasteiger partial charge in [0, 0.05) is 28.9 Å². The van der Waals surface area contributed by atoms with E-state index in [9.17, 15) is 18.6 Å². The quantitative estimate of drug-likeness (QED) is 0.450. The third kappa shape index (κ3) is 7.60. The van der Waals surface area contributed by atoms with Crippen molar-refractivity contribution < 1.29 is 28.8 Å². The standard InChI is InChI=1S/C9H16N2O6S/c1-2-18(17)4-3-10-9(16)11-6(8(14)15)5-7(12)13/h6H,2-5H2,1H3,(H,12,13)(H,14,15)(H2,10,11,16)/t6-,18?/m1/s1. The van der Waals surface area contributed by atoms with E-state index in [1.54, 1.807) is 6.92 Å². The summed E-state index contributed by atoms with van der Waals surface area (Å²) in [7, 11) is -1.03. The highest BCUT2D eigenvalue weighted by Crippen LogP contribution is 1.92. The fourth-order valence-corrected chi connectivity index (χ4v) is 1.63. The zero-order valence-corrected chi connectivity index (χ0v) is 10.7. The third-order valence-electron chi connectivity index (χ3n) is 1.92. The molecule has 2 amide bonds. The molecule has 0 aromatic heterocycles. The number of carboxylic acids is 2. The number of nitrogens with one attached hydrogen (secondary N) is 2. The predicted octanol–water partition coefficient (Wildman–Crippen LogP) is -1.02. The fourth-order valence-electron chi connectivity index (χ4n) is 1.01. The first-order valence-electron chi connectivity index (χ1n) is 5.20. The van der Waals surface area contributed by atoms with Crippen molar-refractivity contribution in [1.29, 1.82) is 0 Å². The molecular formula is C9H16N2O6S. The minimum atomic E-state index is -1.49. The molecule has 4 N–H and O–H groups in total. The molecule has 8 nitrogen and oxygen atoms in total. The van der Waals surface area contributed by atoms with Gasteiger partial charge in [-0.3, -0.25) is 9.00 Å². The Bertz CT molecular complexity index is 346. The highest BCUT2D eigenvalue weighted by atomic mass is 32.2.